The third-order valence-electron chi connectivity index (χ3n) is 6.64. The molecule has 3 heterocycles. The molecule has 0 atom stereocenters. The maximum absolute atomic E-state index is 12.4. The van der Waals surface area contributed by atoms with Crippen LogP contribution in [-0.2, 0) is 34.1 Å². The highest BCUT2D eigenvalue weighted by Crippen LogP contribution is 2.39. The van der Waals surface area contributed by atoms with Crippen LogP contribution >= 0.6 is 11.3 Å². The lowest BCUT2D eigenvalue weighted by Crippen LogP contribution is -2.30. The van der Waals surface area contributed by atoms with Gasteiger partial charge < -0.3 is 5.32 Å². The van der Waals surface area contributed by atoms with Crippen molar-refractivity contribution in [1.29, 1.82) is 5.26 Å². The lowest BCUT2D eigenvalue weighted by atomic mass is 9.72. The van der Waals surface area contributed by atoms with Crippen LogP contribution in [0.1, 0.15) is 55.8 Å². The quantitative estimate of drug-likeness (QED) is 0.635. The van der Waals surface area contributed by atoms with Crippen molar-refractivity contribution in [3.63, 3.8) is 0 Å². The van der Waals surface area contributed by atoms with Crippen molar-refractivity contribution in [2.24, 2.45) is 11.3 Å². The van der Waals surface area contributed by atoms with Crippen LogP contribution in [0.5, 0.6) is 0 Å². The molecule has 0 radical (unpaired) electrons. The molecule has 0 saturated heterocycles. The average molecular weight is 488 g/mol. The first kappa shape index (κ1) is 23.8. The fourth-order valence-electron chi connectivity index (χ4n) is 4.45. The van der Waals surface area contributed by atoms with Crippen molar-refractivity contribution >= 4 is 32.2 Å². The molecule has 10 heteroatoms. The Bertz CT molecular complexity index is 1140. The number of thiazole rings is 1. The second kappa shape index (κ2) is 9.49. The lowest BCUT2D eigenvalue weighted by molar-refractivity contribution is -0.115. The van der Waals surface area contributed by atoms with E-state index in [1.807, 2.05) is 0 Å². The largest absolute Gasteiger partial charge is 0.302 e. The highest BCUT2D eigenvalue weighted by Gasteiger charge is 2.33. The monoisotopic (exact) mass is 487 g/mol. The predicted molar refractivity (Wildman–Crippen MR) is 126 cm³/mol. The third-order valence-corrected chi connectivity index (χ3v) is 9.36. The van der Waals surface area contributed by atoms with E-state index < -0.39 is 9.84 Å². The number of carbonyl (C=O) groups is 1. The molecule has 0 bridgehead atoms. The van der Waals surface area contributed by atoms with Gasteiger partial charge in [-0.1, -0.05) is 6.92 Å². The number of amides is 1. The van der Waals surface area contributed by atoms with E-state index in [1.54, 1.807) is 13.0 Å². The molecule has 8 nitrogen and oxygen atoms in total. The maximum atomic E-state index is 12.4. The van der Waals surface area contributed by atoms with Gasteiger partial charge in [0.15, 0.2) is 15.0 Å². The van der Waals surface area contributed by atoms with Crippen LogP contribution in [0.4, 0.5) is 5.13 Å². The minimum Gasteiger partial charge on any atom is -0.302 e. The summed E-state index contributed by atoms with van der Waals surface area (Å²) in [5.74, 6) is 0.425. The number of fused-ring (bicyclic) bond motifs is 1. The molecule has 176 valence electrons. The Morgan fingerprint density at radius 1 is 1.33 bits per heavy atom. The summed E-state index contributed by atoms with van der Waals surface area (Å²) in [4.78, 5) is 24.9. The van der Waals surface area contributed by atoms with Crippen molar-refractivity contribution in [2.75, 3.05) is 17.6 Å². The molecule has 1 amide bonds. The zero-order valence-electron chi connectivity index (χ0n) is 19.0. The first-order valence-electron chi connectivity index (χ1n) is 11.3. The Morgan fingerprint density at radius 2 is 2.09 bits per heavy atom. The van der Waals surface area contributed by atoms with Crippen molar-refractivity contribution in [2.45, 2.75) is 63.9 Å². The van der Waals surface area contributed by atoms with Gasteiger partial charge in [-0.05, 0) is 50.7 Å². The van der Waals surface area contributed by atoms with Gasteiger partial charge >= 0.3 is 0 Å². The molecular weight excluding hydrogens is 458 g/mol. The number of anilines is 1. The Hall–Kier alpha value is -2.35. The van der Waals surface area contributed by atoms with E-state index in [-0.39, 0.29) is 28.4 Å². The Labute approximate surface area is 199 Å². The zero-order valence-corrected chi connectivity index (χ0v) is 20.6. The summed E-state index contributed by atoms with van der Waals surface area (Å²) in [6, 6.07) is 5.54. The van der Waals surface area contributed by atoms with Gasteiger partial charge in [0.05, 0.1) is 34.2 Å². The molecule has 1 N–H and O–H groups in total. The van der Waals surface area contributed by atoms with Gasteiger partial charge in [-0.3, -0.25) is 14.7 Å². The van der Waals surface area contributed by atoms with E-state index in [1.165, 1.54) is 28.5 Å². The summed E-state index contributed by atoms with van der Waals surface area (Å²) in [5.41, 5.74) is 1.39. The average Bonchev–Trinajstić information content (AvgIpc) is 3.33. The van der Waals surface area contributed by atoms with Crippen LogP contribution in [0.25, 0.3) is 0 Å². The molecule has 0 aromatic carbocycles. The summed E-state index contributed by atoms with van der Waals surface area (Å²) in [5, 5.41) is 12.8. The summed E-state index contributed by atoms with van der Waals surface area (Å²) >= 11 is 1.51. The van der Waals surface area contributed by atoms with E-state index >= 15 is 0 Å². The zero-order chi connectivity index (χ0) is 23.6. The molecule has 2 aromatic rings. The van der Waals surface area contributed by atoms with E-state index in [2.05, 4.69) is 33.2 Å². The molecule has 2 aliphatic rings. The normalized spacial score (nSPS) is 23.1. The number of nitrogens with zero attached hydrogens (tertiary/aromatic N) is 4. The minimum atomic E-state index is -3.30. The molecule has 2 aromatic heterocycles. The lowest BCUT2D eigenvalue weighted by Gasteiger charge is -2.33. The van der Waals surface area contributed by atoms with Crippen LogP contribution < -0.4 is 5.32 Å². The van der Waals surface area contributed by atoms with E-state index in [9.17, 15) is 18.5 Å². The molecule has 33 heavy (non-hydrogen) atoms. The van der Waals surface area contributed by atoms with Crippen LogP contribution in [0.15, 0.2) is 23.2 Å². The number of carbonyl (C=O) groups excluding carboxylic acids is 1. The second-order valence-corrected chi connectivity index (χ2v) is 12.6. The summed E-state index contributed by atoms with van der Waals surface area (Å²) in [7, 11) is -3.30. The number of sulfone groups is 1. The highest BCUT2D eigenvalue weighted by molar-refractivity contribution is 7.91. The molecule has 1 aliphatic heterocycles. The second-order valence-electron chi connectivity index (χ2n) is 9.29. The van der Waals surface area contributed by atoms with Crippen LogP contribution in [0, 0.1) is 22.7 Å². The van der Waals surface area contributed by atoms with E-state index in [0.29, 0.717) is 16.7 Å². The number of nitriles is 1. The fourth-order valence-corrected chi connectivity index (χ4v) is 6.30. The van der Waals surface area contributed by atoms with Crippen molar-refractivity contribution in [3.8, 4) is 6.07 Å². The Morgan fingerprint density at radius 3 is 2.70 bits per heavy atom. The fraction of sp³-hybridized carbons (Fsp3) is 0.565. The highest BCUT2D eigenvalue weighted by atomic mass is 32.2. The number of hydrogen-bond acceptors (Lipinski definition) is 8. The van der Waals surface area contributed by atoms with Crippen LogP contribution in [0.2, 0.25) is 0 Å². The van der Waals surface area contributed by atoms with Gasteiger partial charge in [-0.2, -0.15) is 5.26 Å². The molecule has 1 saturated carbocycles. The van der Waals surface area contributed by atoms with E-state index in [4.69, 9.17) is 0 Å². The first-order chi connectivity index (χ1) is 15.7. The summed E-state index contributed by atoms with van der Waals surface area (Å²) < 4.78 is 23.8. The van der Waals surface area contributed by atoms with Gasteiger partial charge in [0.25, 0.3) is 0 Å². The standard InChI is InChI=1S/C23H29N5O3S2/c1-3-33(30,31)18-5-4-17(25-11-18)10-21(29)27-22-26-19-13-28(14-20(19)32-22)12-16-6-8-23(2,15-24)9-7-16/h4-5,11,16H,3,6-10,12-14H2,1-2H3,(H,26,27,29)/t16-,23-. The van der Waals surface area contributed by atoms with Gasteiger partial charge in [-0.25, -0.2) is 13.4 Å². The molecule has 0 unspecified atom stereocenters. The maximum Gasteiger partial charge on any atom is 0.232 e. The minimum absolute atomic E-state index is 0.0158. The van der Waals surface area contributed by atoms with E-state index in [0.717, 1.165) is 51.0 Å². The smallest absolute Gasteiger partial charge is 0.232 e. The summed E-state index contributed by atoms with van der Waals surface area (Å²) in [6.45, 7) is 6.33. The number of hydrogen-bond donors (Lipinski definition) is 1. The first-order valence-corrected chi connectivity index (χ1v) is 13.8. The number of aromatic nitrogens is 2. The predicted octanol–water partition coefficient (Wildman–Crippen LogP) is 3.55. The van der Waals surface area contributed by atoms with Crippen molar-refractivity contribution in [3.05, 3.63) is 34.6 Å². The number of pyridine rings is 1. The molecule has 1 aliphatic carbocycles. The van der Waals surface area contributed by atoms with Crippen LogP contribution in [-0.4, -0.2) is 41.5 Å². The third kappa shape index (κ3) is 5.60. The molecular formula is C23H29N5O3S2. The Balaban J connectivity index is 1.26. The van der Waals surface area contributed by atoms with Crippen LogP contribution in [0.3, 0.4) is 0 Å². The summed E-state index contributed by atoms with van der Waals surface area (Å²) in [6.07, 6.45) is 5.52. The Kier molecular flexibility index (Phi) is 6.84. The SMILES string of the molecule is CCS(=O)(=O)c1ccc(CC(=O)Nc2nc3c(s2)CN(C[C@H]2CC[C@](C)(C#N)CC2)C3)nc1. The van der Waals surface area contributed by atoms with Gasteiger partial charge in [0.2, 0.25) is 5.91 Å². The number of nitrogens with one attached hydrogen (secondary N) is 1. The van der Waals surface area contributed by atoms with Crippen molar-refractivity contribution in [1.82, 2.24) is 14.9 Å². The van der Waals surface area contributed by atoms with Gasteiger partial charge in [0.1, 0.15) is 0 Å². The van der Waals surface area contributed by atoms with Crippen molar-refractivity contribution < 1.29 is 13.2 Å². The van der Waals surface area contributed by atoms with Gasteiger partial charge in [0, 0.05) is 36.4 Å². The van der Waals surface area contributed by atoms with Gasteiger partial charge in [-0.15, -0.1) is 11.3 Å². The molecule has 0 spiro atoms. The molecule has 4 rings (SSSR count). The number of rotatable bonds is 7. The topological polar surface area (TPSA) is 116 Å². The molecule has 1 fully saturated rings.